The molecule has 0 aliphatic heterocycles. The Morgan fingerprint density at radius 1 is 1.24 bits per heavy atom. The van der Waals surface area contributed by atoms with E-state index < -0.39 is 5.82 Å². The first-order valence-electron chi connectivity index (χ1n) is 6.95. The SMILES string of the molecule is CCC(C)(C)c1ccc(Oc2ncc(F)cc2CCl)cc1. The molecule has 0 spiro atoms. The van der Waals surface area contributed by atoms with E-state index in [0.29, 0.717) is 17.2 Å². The van der Waals surface area contributed by atoms with Crippen molar-refractivity contribution in [1.82, 2.24) is 4.98 Å². The van der Waals surface area contributed by atoms with Crippen LogP contribution in [0.2, 0.25) is 0 Å². The van der Waals surface area contributed by atoms with E-state index in [1.54, 1.807) is 0 Å². The first-order valence-corrected chi connectivity index (χ1v) is 7.48. The van der Waals surface area contributed by atoms with Gasteiger partial charge in [-0.15, -0.1) is 11.6 Å². The molecule has 0 amide bonds. The van der Waals surface area contributed by atoms with Crippen LogP contribution in [-0.2, 0) is 11.3 Å². The highest BCUT2D eigenvalue weighted by Crippen LogP contribution is 2.30. The van der Waals surface area contributed by atoms with E-state index in [1.165, 1.54) is 11.6 Å². The largest absolute Gasteiger partial charge is 0.439 e. The van der Waals surface area contributed by atoms with Crippen molar-refractivity contribution in [2.24, 2.45) is 0 Å². The van der Waals surface area contributed by atoms with Gasteiger partial charge in [-0.25, -0.2) is 9.37 Å². The van der Waals surface area contributed by atoms with Crippen molar-refractivity contribution in [1.29, 1.82) is 0 Å². The lowest BCUT2D eigenvalue weighted by Gasteiger charge is -2.23. The lowest BCUT2D eigenvalue weighted by Crippen LogP contribution is -2.14. The number of halogens is 2. The molecular formula is C17H19ClFNO. The van der Waals surface area contributed by atoms with Gasteiger partial charge in [0.05, 0.1) is 12.1 Å². The Morgan fingerprint density at radius 3 is 2.48 bits per heavy atom. The first-order chi connectivity index (χ1) is 9.96. The van der Waals surface area contributed by atoms with E-state index in [9.17, 15) is 4.39 Å². The molecule has 2 rings (SSSR count). The third-order valence-electron chi connectivity index (χ3n) is 3.77. The van der Waals surface area contributed by atoms with Gasteiger partial charge in [-0.2, -0.15) is 0 Å². The number of pyridine rings is 1. The summed E-state index contributed by atoms with van der Waals surface area (Å²) in [5.74, 6) is 0.740. The van der Waals surface area contributed by atoms with Gasteiger partial charge in [-0.1, -0.05) is 32.9 Å². The van der Waals surface area contributed by atoms with Crippen LogP contribution in [0.15, 0.2) is 36.5 Å². The molecule has 0 fully saturated rings. The maximum Gasteiger partial charge on any atom is 0.223 e. The smallest absolute Gasteiger partial charge is 0.223 e. The Kier molecular flexibility index (Phi) is 4.84. The highest BCUT2D eigenvalue weighted by atomic mass is 35.5. The van der Waals surface area contributed by atoms with Gasteiger partial charge in [0, 0.05) is 5.56 Å². The van der Waals surface area contributed by atoms with Crippen LogP contribution in [0.3, 0.4) is 0 Å². The van der Waals surface area contributed by atoms with Crippen molar-refractivity contribution in [3.8, 4) is 11.6 Å². The fourth-order valence-corrected chi connectivity index (χ4v) is 2.14. The van der Waals surface area contributed by atoms with Gasteiger partial charge in [-0.3, -0.25) is 0 Å². The summed E-state index contributed by atoms with van der Waals surface area (Å²) in [7, 11) is 0. The normalized spacial score (nSPS) is 11.5. The zero-order valence-electron chi connectivity index (χ0n) is 12.5. The molecule has 0 N–H and O–H groups in total. The Labute approximate surface area is 129 Å². The van der Waals surface area contributed by atoms with E-state index >= 15 is 0 Å². The van der Waals surface area contributed by atoms with Crippen LogP contribution in [-0.4, -0.2) is 4.98 Å². The van der Waals surface area contributed by atoms with Crippen molar-refractivity contribution in [2.75, 3.05) is 0 Å². The lowest BCUT2D eigenvalue weighted by atomic mass is 9.82. The van der Waals surface area contributed by atoms with Gasteiger partial charge < -0.3 is 4.74 Å². The van der Waals surface area contributed by atoms with E-state index in [4.69, 9.17) is 16.3 Å². The number of nitrogens with zero attached hydrogens (tertiary/aromatic N) is 1. The molecule has 0 saturated heterocycles. The molecular weight excluding hydrogens is 289 g/mol. The summed E-state index contributed by atoms with van der Waals surface area (Å²) in [4.78, 5) is 3.95. The predicted molar refractivity (Wildman–Crippen MR) is 83.6 cm³/mol. The molecule has 21 heavy (non-hydrogen) atoms. The third kappa shape index (κ3) is 3.73. The van der Waals surface area contributed by atoms with Crippen LogP contribution < -0.4 is 4.74 Å². The van der Waals surface area contributed by atoms with E-state index in [-0.39, 0.29) is 11.3 Å². The molecule has 2 aromatic rings. The zero-order chi connectivity index (χ0) is 15.5. The van der Waals surface area contributed by atoms with E-state index in [2.05, 4.69) is 25.8 Å². The van der Waals surface area contributed by atoms with Gasteiger partial charge in [0.15, 0.2) is 0 Å². The van der Waals surface area contributed by atoms with Crippen LogP contribution in [0.5, 0.6) is 11.6 Å². The monoisotopic (exact) mass is 307 g/mol. The minimum atomic E-state index is -0.418. The van der Waals surface area contributed by atoms with Crippen LogP contribution in [0.1, 0.15) is 38.3 Å². The van der Waals surface area contributed by atoms with Crippen molar-refractivity contribution in [2.45, 2.75) is 38.5 Å². The van der Waals surface area contributed by atoms with Crippen molar-refractivity contribution in [3.63, 3.8) is 0 Å². The third-order valence-corrected chi connectivity index (χ3v) is 4.06. The van der Waals surface area contributed by atoms with Crippen molar-refractivity contribution >= 4 is 11.6 Å². The molecule has 0 aliphatic carbocycles. The fourth-order valence-electron chi connectivity index (χ4n) is 1.95. The van der Waals surface area contributed by atoms with Crippen molar-refractivity contribution in [3.05, 3.63) is 53.5 Å². The molecule has 2 nitrogen and oxygen atoms in total. The van der Waals surface area contributed by atoms with Crippen LogP contribution in [0.4, 0.5) is 4.39 Å². The topological polar surface area (TPSA) is 22.1 Å². The number of alkyl halides is 1. The maximum atomic E-state index is 13.1. The molecule has 112 valence electrons. The molecule has 0 atom stereocenters. The summed E-state index contributed by atoms with van der Waals surface area (Å²) in [6, 6.07) is 9.22. The van der Waals surface area contributed by atoms with Crippen LogP contribution >= 0.6 is 11.6 Å². The van der Waals surface area contributed by atoms with Gasteiger partial charge in [0.25, 0.3) is 0 Å². The quantitative estimate of drug-likeness (QED) is 0.686. The van der Waals surface area contributed by atoms with Gasteiger partial charge >= 0.3 is 0 Å². The Morgan fingerprint density at radius 2 is 1.90 bits per heavy atom. The predicted octanol–water partition coefficient (Wildman–Crippen LogP) is 5.44. The highest BCUT2D eigenvalue weighted by Gasteiger charge is 2.17. The summed E-state index contributed by atoms with van der Waals surface area (Å²) >= 11 is 5.79. The highest BCUT2D eigenvalue weighted by molar-refractivity contribution is 6.17. The molecule has 0 aliphatic rings. The molecule has 0 radical (unpaired) electrons. The second-order valence-corrected chi connectivity index (χ2v) is 5.88. The van der Waals surface area contributed by atoms with Gasteiger partial charge in [0.2, 0.25) is 5.88 Å². The van der Waals surface area contributed by atoms with Gasteiger partial charge in [-0.05, 0) is 35.6 Å². The van der Waals surface area contributed by atoms with Crippen LogP contribution in [0, 0.1) is 5.82 Å². The molecule has 0 unspecified atom stereocenters. The molecule has 4 heteroatoms. The standard InChI is InChI=1S/C17H19ClFNO/c1-4-17(2,3)13-5-7-15(8-6-13)21-16-12(10-18)9-14(19)11-20-16/h5-9,11H,4,10H2,1-3H3. The minimum Gasteiger partial charge on any atom is -0.439 e. The molecule has 1 aromatic carbocycles. The summed E-state index contributed by atoms with van der Waals surface area (Å²) < 4.78 is 18.8. The maximum absolute atomic E-state index is 13.1. The average Bonchev–Trinajstić information content (AvgIpc) is 2.49. The molecule has 1 aromatic heterocycles. The molecule has 0 saturated carbocycles. The summed E-state index contributed by atoms with van der Waals surface area (Å²) in [6.45, 7) is 6.57. The number of benzene rings is 1. The average molecular weight is 308 g/mol. The number of ether oxygens (including phenoxy) is 1. The number of hydrogen-bond donors (Lipinski definition) is 0. The second kappa shape index (κ2) is 6.44. The fraction of sp³-hybridized carbons (Fsp3) is 0.353. The minimum absolute atomic E-state index is 0.133. The summed E-state index contributed by atoms with van der Waals surface area (Å²) in [5.41, 5.74) is 1.92. The number of hydrogen-bond acceptors (Lipinski definition) is 2. The summed E-state index contributed by atoms with van der Waals surface area (Å²) in [6.07, 6.45) is 2.18. The first kappa shape index (κ1) is 15.8. The van der Waals surface area contributed by atoms with Crippen molar-refractivity contribution < 1.29 is 9.13 Å². The molecule has 0 bridgehead atoms. The second-order valence-electron chi connectivity index (χ2n) is 5.62. The van der Waals surface area contributed by atoms with E-state index in [0.717, 1.165) is 12.6 Å². The Balaban J connectivity index is 2.21. The Bertz CT molecular complexity index is 611. The zero-order valence-corrected chi connectivity index (χ0v) is 13.2. The van der Waals surface area contributed by atoms with E-state index in [1.807, 2.05) is 24.3 Å². The van der Waals surface area contributed by atoms with Crippen LogP contribution in [0.25, 0.3) is 0 Å². The lowest BCUT2D eigenvalue weighted by molar-refractivity contribution is 0.452. The molecule has 1 heterocycles. The number of aromatic nitrogens is 1. The summed E-state index contributed by atoms with van der Waals surface area (Å²) in [5, 5.41) is 0. The number of rotatable bonds is 5. The van der Waals surface area contributed by atoms with Gasteiger partial charge in [0.1, 0.15) is 11.6 Å². The Hall–Kier alpha value is -1.61.